The van der Waals surface area contributed by atoms with Gasteiger partial charge in [-0.3, -0.25) is 4.99 Å². The van der Waals surface area contributed by atoms with Gasteiger partial charge in [-0.05, 0) is 35.6 Å². The summed E-state index contributed by atoms with van der Waals surface area (Å²) in [6.45, 7) is 6.13. The van der Waals surface area contributed by atoms with Crippen LogP contribution in [0.5, 0.6) is 5.75 Å². The van der Waals surface area contributed by atoms with Crippen LogP contribution in [0.3, 0.4) is 0 Å². The Kier molecular flexibility index (Phi) is 9.27. The average Bonchev–Trinajstić information content (AvgIpc) is 3.11. The minimum absolute atomic E-state index is 0. The molecule has 0 aliphatic rings. The molecule has 0 amide bonds. The predicted molar refractivity (Wildman–Crippen MR) is 119 cm³/mol. The van der Waals surface area contributed by atoms with Gasteiger partial charge >= 0.3 is 0 Å². The van der Waals surface area contributed by atoms with Crippen molar-refractivity contribution in [2.75, 3.05) is 27.2 Å². The zero-order valence-electron chi connectivity index (χ0n) is 15.3. The molecule has 0 aliphatic heterocycles. The van der Waals surface area contributed by atoms with E-state index in [0.717, 1.165) is 31.2 Å². The molecule has 0 bridgehead atoms. The summed E-state index contributed by atoms with van der Waals surface area (Å²) in [4.78, 5) is 5.69. The number of hydrogen-bond donors (Lipinski definition) is 2. The van der Waals surface area contributed by atoms with Crippen LogP contribution in [0.25, 0.3) is 0 Å². The van der Waals surface area contributed by atoms with Gasteiger partial charge in [-0.1, -0.05) is 32.0 Å². The Balaban J connectivity index is 0.00000312. The minimum atomic E-state index is -0.00234. The lowest BCUT2D eigenvalue weighted by Crippen LogP contribution is -2.44. The smallest absolute Gasteiger partial charge is 0.191 e. The number of ether oxygens (including phenoxy) is 1. The molecule has 0 saturated carbocycles. The van der Waals surface area contributed by atoms with Crippen LogP contribution in [0.1, 0.15) is 24.3 Å². The Labute approximate surface area is 172 Å². The fraction of sp³-hybridized carbons (Fsp3) is 0.421. The molecule has 0 unspecified atom stereocenters. The summed E-state index contributed by atoms with van der Waals surface area (Å²) in [6, 6.07) is 12.5. The molecule has 0 radical (unpaired) electrons. The number of nitrogens with zero attached hydrogens (tertiary/aromatic N) is 1. The molecule has 0 aliphatic carbocycles. The highest BCUT2D eigenvalue weighted by Gasteiger charge is 2.21. The number of hydrogen-bond acceptors (Lipinski definition) is 3. The van der Waals surface area contributed by atoms with Crippen LogP contribution in [-0.2, 0) is 11.8 Å². The van der Waals surface area contributed by atoms with Gasteiger partial charge in [-0.25, -0.2) is 0 Å². The van der Waals surface area contributed by atoms with Gasteiger partial charge in [-0.15, -0.1) is 35.3 Å². The maximum atomic E-state index is 5.23. The SMILES string of the molecule is CN=C(NCCc1cccs1)NCC(C)(C)c1ccc(OC)cc1.I. The van der Waals surface area contributed by atoms with Gasteiger partial charge in [0.25, 0.3) is 0 Å². The minimum Gasteiger partial charge on any atom is -0.497 e. The molecule has 0 saturated heterocycles. The molecule has 138 valence electrons. The topological polar surface area (TPSA) is 45.7 Å². The second-order valence-corrected chi connectivity index (χ2v) is 7.33. The van der Waals surface area contributed by atoms with E-state index in [-0.39, 0.29) is 29.4 Å². The standard InChI is InChI=1S/C19H27N3OS.HI/c1-19(2,15-7-9-16(23-4)10-8-15)14-22-18(20-3)21-12-11-17-6-5-13-24-17;/h5-10,13H,11-12,14H2,1-4H3,(H2,20,21,22);1H. The van der Waals surface area contributed by atoms with Crippen LogP contribution < -0.4 is 15.4 Å². The molecule has 1 aromatic carbocycles. The van der Waals surface area contributed by atoms with Crippen molar-refractivity contribution >= 4 is 41.3 Å². The Morgan fingerprint density at radius 3 is 2.44 bits per heavy atom. The number of rotatable bonds is 7. The van der Waals surface area contributed by atoms with Crippen molar-refractivity contribution < 1.29 is 4.74 Å². The summed E-state index contributed by atoms with van der Waals surface area (Å²) in [5, 5.41) is 8.91. The van der Waals surface area contributed by atoms with E-state index in [4.69, 9.17) is 4.74 Å². The van der Waals surface area contributed by atoms with Gasteiger partial charge in [0.1, 0.15) is 5.75 Å². The zero-order valence-corrected chi connectivity index (χ0v) is 18.5. The number of methoxy groups -OCH3 is 1. The van der Waals surface area contributed by atoms with Crippen LogP contribution in [0.2, 0.25) is 0 Å². The molecule has 1 aromatic heterocycles. The second-order valence-electron chi connectivity index (χ2n) is 6.29. The lowest BCUT2D eigenvalue weighted by molar-refractivity contribution is 0.414. The molecule has 2 N–H and O–H groups in total. The molecule has 0 spiro atoms. The molecule has 25 heavy (non-hydrogen) atoms. The highest BCUT2D eigenvalue weighted by molar-refractivity contribution is 14.0. The molecule has 2 aromatic rings. The molecule has 1 heterocycles. The van der Waals surface area contributed by atoms with Gasteiger partial charge in [-0.2, -0.15) is 0 Å². The van der Waals surface area contributed by atoms with Crippen molar-refractivity contribution in [3.63, 3.8) is 0 Å². The maximum Gasteiger partial charge on any atom is 0.191 e. The number of halogens is 1. The molecule has 6 heteroatoms. The average molecular weight is 473 g/mol. The van der Waals surface area contributed by atoms with Crippen molar-refractivity contribution in [2.45, 2.75) is 25.7 Å². The van der Waals surface area contributed by atoms with E-state index < -0.39 is 0 Å². The Morgan fingerprint density at radius 2 is 1.88 bits per heavy atom. The van der Waals surface area contributed by atoms with Crippen LogP contribution in [0.15, 0.2) is 46.8 Å². The van der Waals surface area contributed by atoms with Gasteiger partial charge in [0.2, 0.25) is 0 Å². The zero-order chi connectivity index (χ0) is 17.4. The number of thiophene rings is 1. The van der Waals surface area contributed by atoms with E-state index in [1.54, 1.807) is 25.5 Å². The summed E-state index contributed by atoms with van der Waals surface area (Å²) >= 11 is 1.79. The number of benzene rings is 1. The van der Waals surface area contributed by atoms with Gasteiger partial charge < -0.3 is 15.4 Å². The second kappa shape index (κ2) is 10.7. The third-order valence-corrected chi connectivity index (χ3v) is 4.97. The summed E-state index contributed by atoms with van der Waals surface area (Å²) < 4.78 is 5.23. The monoisotopic (exact) mass is 473 g/mol. The Hall–Kier alpha value is -1.28. The maximum absolute atomic E-state index is 5.23. The summed E-state index contributed by atoms with van der Waals surface area (Å²) in [5.41, 5.74) is 1.27. The number of nitrogens with one attached hydrogen (secondary N) is 2. The third kappa shape index (κ3) is 6.86. The first kappa shape index (κ1) is 21.8. The van der Waals surface area contributed by atoms with E-state index in [2.05, 4.69) is 59.1 Å². The van der Waals surface area contributed by atoms with Crippen molar-refractivity contribution in [3.8, 4) is 5.75 Å². The fourth-order valence-electron chi connectivity index (χ4n) is 2.43. The van der Waals surface area contributed by atoms with E-state index in [9.17, 15) is 0 Å². The van der Waals surface area contributed by atoms with Gasteiger partial charge in [0.05, 0.1) is 7.11 Å². The van der Waals surface area contributed by atoms with Crippen molar-refractivity contribution in [1.82, 2.24) is 10.6 Å². The fourth-order valence-corrected chi connectivity index (χ4v) is 3.14. The van der Waals surface area contributed by atoms with Crippen molar-refractivity contribution in [3.05, 3.63) is 52.2 Å². The lowest BCUT2D eigenvalue weighted by Gasteiger charge is -2.27. The molecular weight excluding hydrogens is 445 g/mol. The molecular formula is C19H28IN3OS. The summed E-state index contributed by atoms with van der Waals surface area (Å²) in [6.07, 6.45) is 1.01. The summed E-state index contributed by atoms with van der Waals surface area (Å²) in [5.74, 6) is 1.72. The molecule has 4 nitrogen and oxygen atoms in total. The van der Waals surface area contributed by atoms with E-state index in [0.29, 0.717) is 0 Å². The molecule has 0 atom stereocenters. The van der Waals surface area contributed by atoms with Crippen LogP contribution in [-0.4, -0.2) is 33.2 Å². The van der Waals surface area contributed by atoms with E-state index >= 15 is 0 Å². The van der Waals surface area contributed by atoms with Gasteiger partial charge in [0, 0.05) is 30.4 Å². The highest BCUT2D eigenvalue weighted by Crippen LogP contribution is 2.24. The summed E-state index contributed by atoms with van der Waals surface area (Å²) in [7, 11) is 3.49. The molecule has 2 rings (SSSR count). The number of aliphatic imine (C=N–C) groups is 1. The third-order valence-electron chi connectivity index (χ3n) is 4.04. The highest BCUT2D eigenvalue weighted by atomic mass is 127. The quantitative estimate of drug-likeness (QED) is 0.362. The van der Waals surface area contributed by atoms with E-state index in [1.165, 1.54) is 10.4 Å². The predicted octanol–water partition coefficient (Wildman–Crippen LogP) is 4.06. The van der Waals surface area contributed by atoms with E-state index in [1.807, 2.05) is 12.1 Å². The first-order chi connectivity index (χ1) is 11.5. The van der Waals surface area contributed by atoms with Crippen LogP contribution >= 0.6 is 35.3 Å². The Bertz CT molecular complexity index is 639. The Morgan fingerprint density at radius 1 is 1.16 bits per heavy atom. The van der Waals surface area contributed by atoms with Crippen LogP contribution in [0.4, 0.5) is 0 Å². The lowest BCUT2D eigenvalue weighted by atomic mass is 9.84. The van der Waals surface area contributed by atoms with Crippen molar-refractivity contribution in [2.24, 2.45) is 4.99 Å². The normalized spacial score (nSPS) is 11.6. The number of guanidine groups is 1. The first-order valence-corrected chi connectivity index (χ1v) is 9.04. The van der Waals surface area contributed by atoms with Crippen LogP contribution in [0, 0.1) is 0 Å². The van der Waals surface area contributed by atoms with Crippen molar-refractivity contribution in [1.29, 1.82) is 0 Å². The largest absolute Gasteiger partial charge is 0.497 e. The van der Waals surface area contributed by atoms with Gasteiger partial charge in [0.15, 0.2) is 5.96 Å². The molecule has 0 fully saturated rings. The first-order valence-electron chi connectivity index (χ1n) is 8.16.